The summed E-state index contributed by atoms with van der Waals surface area (Å²) in [6.45, 7) is 11.5. The van der Waals surface area contributed by atoms with Crippen LogP contribution in [-0.4, -0.2) is 61.7 Å². The van der Waals surface area contributed by atoms with Gasteiger partial charge in [0.05, 0.1) is 0 Å². The third-order valence-electron chi connectivity index (χ3n) is 5.56. The summed E-state index contributed by atoms with van der Waals surface area (Å²) in [6, 6.07) is 9.97. The van der Waals surface area contributed by atoms with Crippen LogP contribution in [0.4, 0.5) is 5.69 Å². The molecule has 1 saturated heterocycles. The number of aryl methyl sites for hydroxylation is 1. The topological polar surface area (TPSA) is 47.6 Å². The number of nitrogens with zero attached hydrogens (tertiary/aromatic N) is 2. The van der Waals surface area contributed by atoms with Crippen molar-refractivity contribution < 1.29 is 4.79 Å². The third kappa shape index (κ3) is 5.21. The number of rotatable bonds is 7. The molecule has 1 aromatic rings. The average molecular weight is 359 g/mol. The standard InChI is InChI=1S/C21H34N4O/c1-16(2)22-19-7-8-20(19)23-21(26)9-10-24-11-13-25(14-12-24)18-6-4-5-17(3)15-18/h4-6,15-16,19-20,22H,7-14H2,1-3H3,(H,23,26)/t19-,20+/m1/s1. The monoisotopic (exact) mass is 358 g/mol. The molecule has 0 aromatic heterocycles. The van der Waals surface area contributed by atoms with Crippen LogP contribution in [0, 0.1) is 6.92 Å². The van der Waals surface area contributed by atoms with Crippen LogP contribution < -0.4 is 15.5 Å². The Labute approximate surface area is 158 Å². The van der Waals surface area contributed by atoms with Gasteiger partial charge in [-0.1, -0.05) is 26.0 Å². The molecule has 2 atom stereocenters. The summed E-state index contributed by atoms with van der Waals surface area (Å²) in [5, 5.41) is 6.75. The Morgan fingerprint density at radius 2 is 1.88 bits per heavy atom. The van der Waals surface area contributed by atoms with Gasteiger partial charge in [0, 0.05) is 63.0 Å². The second kappa shape index (κ2) is 8.87. The number of carbonyl (C=O) groups is 1. The Morgan fingerprint density at radius 1 is 1.15 bits per heavy atom. The van der Waals surface area contributed by atoms with Gasteiger partial charge in [-0.15, -0.1) is 0 Å². The fourth-order valence-electron chi connectivity index (χ4n) is 3.89. The molecule has 0 spiro atoms. The van der Waals surface area contributed by atoms with E-state index in [1.807, 2.05) is 0 Å². The number of anilines is 1. The van der Waals surface area contributed by atoms with Gasteiger partial charge >= 0.3 is 0 Å². The van der Waals surface area contributed by atoms with E-state index in [4.69, 9.17) is 0 Å². The lowest BCUT2D eigenvalue weighted by atomic mass is 9.85. The lowest BCUT2D eigenvalue weighted by Crippen LogP contribution is -2.58. The van der Waals surface area contributed by atoms with Crippen LogP contribution in [0.15, 0.2) is 24.3 Å². The molecule has 2 aliphatic rings. The minimum absolute atomic E-state index is 0.200. The van der Waals surface area contributed by atoms with Crippen LogP contribution in [-0.2, 0) is 4.79 Å². The van der Waals surface area contributed by atoms with E-state index in [0.717, 1.165) is 39.1 Å². The highest BCUT2D eigenvalue weighted by molar-refractivity contribution is 5.76. The summed E-state index contributed by atoms with van der Waals surface area (Å²) >= 11 is 0. The first-order chi connectivity index (χ1) is 12.5. The Hall–Kier alpha value is -1.59. The smallest absolute Gasteiger partial charge is 0.221 e. The minimum Gasteiger partial charge on any atom is -0.369 e. The molecule has 2 fully saturated rings. The average Bonchev–Trinajstić information content (AvgIpc) is 2.62. The molecule has 1 aromatic carbocycles. The second-order valence-corrected chi connectivity index (χ2v) is 8.10. The quantitative estimate of drug-likeness (QED) is 0.784. The van der Waals surface area contributed by atoms with Crippen molar-refractivity contribution in [1.29, 1.82) is 0 Å². The Bertz CT molecular complexity index is 595. The number of piperazine rings is 1. The molecule has 144 valence electrons. The number of carbonyl (C=O) groups excluding carboxylic acids is 1. The van der Waals surface area contributed by atoms with Gasteiger partial charge in [-0.2, -0.15) is 0 Å². The highest BCUT2D eigenvalue weighted by atomic mass is 16.1. The van der Waals surface area contributed by atoms with E-state index in [9.17, 15) is 4.79 Å². The van der Waals surface area contributed by atoms with Gasteiger partial charge in [-0.05, 0) is 37.5 Å². The number of amides is 1. The number of nitrogens with one attached hydrogen (secondary N) is 2. The molecular formula is C21H34N4O. The van der Waals surface area contributed by atoms with E-state index < -0.39 is 0 Å². The Morgan fingerprint density at radius 3 is 2.50 bits per heavy atom. The highest BCUT2D eigenvalue weighted by Crippen LogP contribution is 2.21. The van der Waals surface area contributed by atoms with E-state index in [1.54, 1.807) is 0 Å². The summed E-state index contributed by atoms with van der Waals surface area (Å²) < 4.78 is 0. The molecule has 1 heterocycles. The molecule has 5 nitrogen and oxygen atoms in total. The van der Waals surface area contributed by atoms with Crippen LogP contribution >= 0.6 is 0 Å². The summed E-state index contributed by atoms with van der Waals surface area (Å²) in [6.07, 6.45) is 2.88. The molecule has 1 aliphatic carbocycles. The van der Waals surface area contributed by atoms with Crippen LogP contribution in [0.3, 0.4) is 0 Å². The maximum atomic E-state index is 12.3. The zero-order valence-corrected chi connectivity index (χ0v) is 16.5. The second-order valence-electron chi connectivity index (χ2n) is 8.10. The summed E-state index contributed by atoms with van der Waals surface area (Å²) in [5.74, 6) is 0.200. The molecule has 5 heteroatoms. The summed E-state index contributed by atoms with van der Waals surface area (Å²) in [5.41, 5.74) is 2.62. The molecule has 2 N–H and O–H groups in total. The largest absolute Gasteiger partial charge is 0.369 e. The van der Waals surface area contributed by atoms with E-state index in [1.165, 1.54) is 17.7 Å². The zero-order chi connectivity index (χ0) is 18.5. The lowest BCUT2D eigenvalue weighted by molar-refractivity contribution is -0.123. The Kier molecular flexibility index (Phi) is 6.54. The van der Waals surface area contributed by atoms with E-state index >= 15 is 0 Å². The first kappa shape index (κ1) is 19.2. The fraction of sp³-hybridized carbons (Fsp3) is 0.667. The number of hydrogen-bond donors (Lipinski definition) is 2. The first-order valence-electron chi connectivity index (χ1n) is 10.1. The summed E-state index contributed by atoms with van der Waals surface area (Å²) in [7, 11) is 0. The van der Waals surface area contributed by atoms with Crippen molar-refractivity contribution in [3.8, 4) is 0 Å². The fourth-order valence-corrected chi connectivity index (χ4v) is 3.89. The van der Waals surface area contributed by atoms with Crippen molar-refractivity contribution in [3.05, 3.63) is 29.8 Å². The zero-order valence-electron chi connectivity index (χ0n) is 16.5. The molecule has 0 unspecified atom stereocenters. The van der Waals surface area contributed by atoms with Gasteiger partial charge in [0.15, 0.2) is 0 Å². The van der Waals surface area contributed by atoms with E-state index in [-0.39, 0.29) is 5.91 Å². The minimum atomic E-state index is 0.200. The molecule has 3 rings (SSSR count). The molecule has 1 aliphatic heterocycles. The van der Waals surface area contributed by atoms with Crippen LogP contribution in [0.5, 0.6) is 0 Å². The molecule has 26 heavy (non-hydrogen) atoms. The highest BCUT2D eigenvalue weighted by Gasteiger charge is 2.32. The van der Waals surface area contributed by atoms with Crippen molar-refractivity contribution in [2.24, 2.45) is 0 Å². The molecular weight excluding hydrogens is 324 g/mol. The summed E-state index contributed by atoms with van der Waals surface area (Å²) in [4.78, 5) is 17.1. The molecule has 0 radical (unpaired) electrons. The first-order valence-corrected chi connectivity index (χ1v) is 10.1. The van der Waals surface area contributed by atoms with Gasteiger partial charge in [-0.3, -0.25) is 9.69 Å². The van der Waals surface area contributed by atoms with E-state index in [2.05, 4.69) is 65.5 Å². The van der Waals surface area contributed by atoms with Gasteiger partial charge in [0.25, 0.3) is 0 Å². The molecule has 1 amide bonds. The van der Waals surface area contributed by atoms with Crippen molar-refractivity contribution in [2.75, 3.05) is 37.6 Å². The van der Waals surface area contributed by atoms with Crippen molar-refractivity contribution >= 4 is 11.6 Å². The van der Waals surface area contributed by atoms with Crippen molar-refractivity contribution in [2.45, 2.75) is 58.2 Å². The van der Waals surface area contributed by atoms with Crippen LogP contribution in [0.2, 0.25) is 0 Å². The number of hydrogen-bond acceptors (Lipinski definition) is 4. The van der Waals surface area contributed by atoms with E-state index in [0.29, 0.717) is 24.5 Å². The predicted molar refractivity (Wildman–Crippen MR) is 108 cm³/mol. The molecule has 0 bridgehead atoms. The van der Waals surface area contributed by atoms with Gasteiger partial charge in [0.1, 0.15) is 0 Å². The normalized spacial score (nSPS) is 23.8. The molecule has 1 saturated carbocycles. The maximum absolute atomic E-state index is 12.3. The van der Waals surface area contributed by atoms with Crippen LogP contribution in [0.25, 0.3) is 0 Å². The van der Waals surface area contributed by atoms with Gasteiger partial charge in [-0.25, -0.2) is 0 Å². The van der Waals surface area contributed by atoms with Crippen LogP contribution in [0.1, 0.15) is 38.7 Å². The SMILES string of the molecule is Cc1cccc(N2CCN(CCC(=O)N[C@H]3CC[C@H]3NC(C)C)CC2)c1. The van der Waals surface area contributed by atoms with Gasteiger partial charge < -0.3 is 15.5 Å². The predicted octanol–water partition coefficient (Wildman–Crippen LogP) is 2.15. The van der Waals surface area contributed by atoms with Gasteiger partial charge in [0.2, 0.25) is 5.91 Å². The maximum Gasteiger partial charge on any atom is 0.221 e. The number of benzene rings is 1. The third-order valence-corrected chi connectivity index (χ3v) is 5.56. The van der Waals surface area contributed by atoms with Crippen molar-refractivity contribution in [1.82, 2.24) is 15.5 Å². The van der Waals surface area contributed by atoms with Crippen molar-refractivity contribution in [3.63, 3.8) is 0 Å². The lowest BCUT2D eigenvalue weighted by Gasteiger charge is -2.39. The Balaban J connectivity index is 1.35.